The van der Waals surface area contributed by atoms with Crippen LogP contribution in [0.25, 0.3) is 0 Å². The van der Waals surface area contributed by atoms with Gasteiger partial charge in [0, 0.05) is 52.4 Å². The molecule has 9 nitrogen and oxygen atoms in total. The number of hydrogen-bond acceptors (Lipinski definition) is 9. The van der Waals surface area contributed by atoms with Gasteiger partial charge in [0.25, 0.3) is 0 Å². The van der Waals surface area contributed by atoms with Gasteiger partial charge in [0.05, 0.1) is 12.0 Å². The number of nitrogens with zero attached hydrogens (tertiary/aromatic N) is 4. The first-order valence-corrected chi connectivity index (χ1v) is 13.4. The molecule has 0 radical (unpaired) electrons. The molecule has 0 atom stereocenters. The fourth-order valence-electron chi connectivity index (χ4n) is 3.08. The Morgan fingerprint density at radius 2 is 1.14 bits per heavy atom. The lowest BCUT2D eigenvalue weighted by atomic mass is 9.98. The van der Waals surface area contributed by atoms with Crippen LogP contribution in [-0.2, 0) is 19.1 Å². The van der Waals surface area contributed by atoms with Crippen LogP contribution in [0.4, 0.5) is 0 Å². The molecule has 0 saturated carbocycles. The number of carbonyl (C=O) groups is 2. The van der Waals surface area contributed by atoms with Crippen LogP contribution in [-0.4, -0.2) is 109 Å². The lowest BCUT2D eigenvalue weighted by Gasteiger charge is -2.33. The third-order valence-electron chi connectivity index (χ3n) is 5.08. The van der Waals surface area contributed by atoms with Gasteiger partial charge in [-0.1, -0.05) is 34.6 Å². The van der Waals surface area contributed by atoms with Crippen molar-refractivity contribution in [1.82, 2.24) is 19.7 Å². The summed E-state index contributed by atoms with van der Waals surface area (Å²) in [6.07, 6.45) is 0. The van der Waals surface area contributed by atoms with E-state index in [2.05, 4.69) is 49.3 Å². The van der Waals surface area contributed by atoms with E-state index in [4.69, 9.17) is 15.3 Å². The van der Waals surface area contributed by atoms with Gasteiger partial charge in [0.1, 0.15) is 12.3 Å². The van der Waals surface area contributed by atoms with E-state index in [9.17, 15) is 9.59 Å². The highest BCUT2D eigenvalue weighted by molar-refractivity contribution is 5.75. The smallest absolute Gasteiger partial charge is 0.320 e. The van der Waals surface area contributed by atoms with Crippen molar-refractivity contribution in [3.05, 3.63) is 0 Å². The molecule has 1 rings (SSSR count). The van der Waals surface area contributed by atoms with Crippen LogP contribution in [0.5, 0.6) is 0 Å². The molecular weight excluding hydrogens is 458 g/mol. The number of likely N-dealkylation sites (N-methyl/N-ethyl adjacent to an activating group) is 1. The molecule has 1 saturated heterocycles. The molecule has 1 aliphatic rings. The van der Waals surface area contributed by atoms with Crippen LogP contribution in [0.15, 0.2) is 0 Å². The van der Waals surface area contributed by atoms with Gasteiger partial charge < -0.3 is 14.4 Å². The number of rotatable bonds is 5. The molecule has 0 aromatic carbocycles. The van der Waals surface area contributed by atoms with Crippen LogP contribution in [0.3, 0.4) is 0 Å². The Morgan fingerprint density at radius 3 is 1.58 bits per heavy atom. The monoisotopic (exact) mass is 515 g/mol. The molecule has 1 heterocycles. The van der Waals surface area contributed by atoms with E-state index >= 15 is 0 Å². The fourth-order valence-corrected chi connectivity index (χ4v) is 3.08. The van der Waals surface area contributed by atoms with E-state index < -0.39 is 11.0 Å². The molecule has 0 aromatic rings. The standard InChI is InChI=1S/C22H45N5O4.C5H12/c1-8-24-9-11-25(17-19(28)31-22(5,6)7)13-15-27(23)16-14-26(12-10-24)18-30-20(29)21(2,3)4;1-5(2,3)4/h8-18,23H2,1-7H3;1-4H3. The second kappa shape index (κ2) is 15.9. The van der Waals surface area contributed by atoms with E-state index in [1.807, 2.05) is 41.5 Å². The Hall–Kier alpha value is -1.26. The zero-order chi connectivity index (χ0) is 28.2. The molecule has 9 heteroatoms. The average molecular weight is 516 g/mol. The van der Waals surface area contributed by atoms with Gasteiger partial charge in [-0.2, -0.15) is 0 Å². The van der Waals surface area contributed by atoms with E-state index in [1.165, 1.54) is 0 Å². The molecule has 0 unspecified atom stereocenters. The molecule has 0 aromatic heterocycles. The highest BCUT2D eigenvalue weighted by Gasteiger charge is 2.24. The number of nitrogens with two attached hydrogens (primary N) is 1. The minimum atomic E-state index is -0.514. The first-order valence-electron chi connectivity index (χ1n) is 13.4. The molecule has 214 valence electrons. The van der Waals surface area contributed by atoms with Crippen LogP contribution < -0.4 is 5.84 Å². The summed E-state index contributed by atoms with van der Waals surface area (Å²) in [5, 5.41) is 1.76. The fraction of sp³-hybridized carbons (Fsp3) is 0.926. The summed E-state index contributed by atoms with van der Waals surface area (Å²) in [5.74, 6) is 5.79. The van der Waals surface area contributed by atoms with Crippen molar-refractivity contribution in [3.63, 3.8) is 0 Å². The first-order chi connectivity index (χ1) is 16.3. The average Bonchev–Trinajstić information content (AvgIpc) is 2.68. The highest BCUT2D eigenvalue weighted by atomic mass is 16.6. The number of ether oxygens (including phenoxy) is 2. The first kappa shape index (κ1) is 34.7. The molecule has 0 bridgehead atoms. The largest absolute Gasteiger partial charge is 0.459 e. The summed E-state index contributed by atoms with van der Waals surface area (Å²) >= 11 is 0. The number of esters is 2. The van der Waals surface area contributed by atoms with Crippen molar-refractivity contribution < 1.29 is 19.1 Å². The van der Waals surface area contributed by atoms with Gasteiger partial charge in [0.15, 0.2) is 0 Å². The molecule has 2 N–H and O–H groups in total. The van der Waals surface area contributed by atoms with Gasteiger partial charge in [-0.25, -0.2) is 5.01 Å². The van der Waals surface area contributed by atoms with Crippen molar-refractivity contribution in [3.8, 4) is 0 Å². The summed E-state index contributed by atoms with van der Waals surface area (Å²) in [7, 11) is 0. The zero-order valence-corrected chi connectivity index (χ0v) is 25.3. The van der Waals surface area contributed by atoms with Crippen molar-refractivity contribution in [1.29, 1.82) is 0 Å². The normalized spacial score (nSPS) is 18.9. The van der Waals surface area contributed by atoms with Crippen LogP contribution >= 0.6 is 0 Å². The summed E-state index contributed by atoms with van der Waals surface area (Å²) in [6, 6.07) is 0. The van der Waals surface area contributed by atoms with Gasteiger partial charge in [-0.15, -0.1) is 0 Å². The Kier molecular flexibility index (Phi) is 15.3. The molecule has 1 fully saturated rings. The molecule has 0 amide bonds. The van der Waals surface area contributed by atoms with Crippen molar-refractivity contribution in [2.45, 2.75) is 81.8 Å². The van der Waals surface area contributed by atoms with E-state index in [-0.39, 0.29) is 25.2 Å². The van der Waals surface area contributed by atoms with Crippen molar-refractivity contribution in [2.24, 2.45) is 16.7 Å². The van der Waals surface area contributed by atoms with E-state index in [0.717, 1.165) is 32.7 Å². The summed E-state index contributed by atoms with van der Waals surface area (Å²) < 4.78 is 11.0. The second-order valence-electron chi connectivity index (χ2n) is 13.3. The molecule has 0 aliphatic carbocycles. The summed E-state index contributed by atoms with van der Waals surface area (Å²) in [4.78, 5) is 31.0. The lowest BCUT2D eigenvalue weighted by Crippen LogP contribution is -2.49. The lowest BCUT2D eigenvalue weighted by molar-refractivity contribution is -0.158. The minimum absolute atomic E-state index is 0.201. The van der Waals surface area contributed by atoms with E-state index in [0.29, 0.717) is 31.6 Å². The third kappa shape index (κ3) is 19.9. The Bertz CT molecular complexity index is 632. The summed E-state index contributed by atoms with van der Waals surface area (Å²) in [6.45, 7) is 29.5. The molecule has 36 heavy (non-hydrogen) atoms. The maximum Gasteiger partial charge on any atom is 0.320 e. The maximum atomic E-state index is 12.3. The van der Waals surface area contributed by atoms with E-state index in [1.54, 1.807) is 5.01 Å². The quantitative estimate of drug-likeness (QED) is 0.438. The Balaban J connectivity index is 0.00000222. The topological polar surface area (TPSA) is 91.6 Å². The van der Waals surface area contributed by atoms with Crippen LogP contribution in [0, 0.1) is 10.8 Å². The molecule has 0 spiro atoms. The highest BCUT2D eigenvalue weighted by Crippen LogP contribution is 2.15. The maximum absolute atomic E-state index is 12.3. The number of hydrazine groups is 1. The van der Waals surface area contributed by atoms with Gasteiger partial charge in [-0.05, 0) is 53.5 Å². The number of hydrogen-bond donors (Lipinski definition) is 1. The predicted octanol–water partition coefficient (Wildman–Crippen LogP) is 3.04. The van der Waals surface area contributed by atoms with Gasteiger partial charge in [-0.3, -0.25) is 25.2 Å². The number of carbonyl (C=O) groups excluding carboxylic acids is 2. The van der Waals surface area contributed by atoms with Gasteiger partial charge >= 0.3 is 11.9 Å². The van der Waals surface area contributed by atoms with Crippen LogP contribution in [0.1, 0.15) is 76.2 Å². The molecular formula is C27H57N5O4. The Morgan fingerprint density at radius 1 is 0.722 bits per heavy atom. The SMILES string of the molecule is CC(C)(C)C.CCN1CCN(COC(=O)C(C)(C)C)CCN(N)CCN(CC(=O)OC(C)(C)C)CC1. The third-order valence-corrected chi connectivity index (χ3v) is 5.08. The zero-order valence-electron chi connectivity index (χ0n) is 25.3. The minimum Gasteiger partial charge on any atom is -0.459 e. The Labute approximate surface area is 221 Å². The van der Waals surface area contributed by atoms with Crippen LogP contribution in [0.2, 0.25) is 0 Å². The summed E-state index contributed by atoms with van der Waals surface area (Å²) in [5.41, 5.74) is -0.502. The van der Waals surface area contributed by atoms with Gasteiger partial charge in [0.2, 0.25) is 0 Å². The van der Waals surface area contributed by atoms with Crippen molar-refractivity contribution in [2.75, 3.05) is 72.2 Å². The molecule has 1 aliphatic heterocycles. The second-order valence-corrected chi connectivity index (χ2v) is 13.3. The predicted molar refractivity (Wildman–Crippen MR) is 147 cm³/mol. The van der Waals surface area contributed by atoms with Crippen molar-refractivity contribution >= 4 is 11.9 Å².